The molecule has 1 atom stereocenters. The summed E-state index contributed by atoms with van der Waals surface area (Å²) in [4.78, 5) is 15.9. The van der Waals surface area contributed by atoms with Crippen molar-refractivity contribution in [1.29, 1.82) is 0 Å². The third-order valence-corrected chi connectivity index (χ3v) is 4.21. The second kappa shape index (κ2) is 5.14. The van der Waals surface area contributed by atoms with E-state index >= 15 is 0 Å². The Bertz CT molecular complexity index is 552. The molecule has 17 heavy (non-hydrogen) atoms. The van der Waals surface area contributed by atoms with E-state index < -0.39 is 0 Å². The summed E-state index contributed by atoms with van der Waals surface area (Å²) in [5.74, 6) is -0.541. The van der Waals surface area contributed by atoms with Crippen LogP contribution in [0, 0.1) is 0 Å². The number of nitrogens with zero attached hydrogens (tertiary/aromatic N) is 1. The van der Waals surface area contributed by atoms with E-state index in [1.807, 2.05) is 25.1 Å². The van der Waals surface area contributed by atoms with Gasteiger partial charge in [-0.25, -0.2) is 4.98 Å². The zero-order chi connectivity index (χ0) is 12.4. The lowest BCUT2D eigenvalue weighted by Crippen LogP contribution is -2.21. The molecule has 0 aliphatic carbocycles. The number of halogens is 1. The predicted octanol–water partition coefficient (Wildman–Crippen LogP) is 3.43. The number of thiazole rings is 1. The van der Waals surface area contributed by atoms with Crippen LogP contribution in [0.3, 0.4) is 0 Å². The van der Waals surface area contributed by atoms with E-state index in [0.717, 1.165) is 32.5 Å². The van der Waals surface area contributed by atoms with E-state index in [0.29, 0.717) is 0 Å². The summed E-state index contributed by atoms with van der Waals surface area (Å²) in [6.45, 7) is 2.04. The Kier molecular flexibility index (Phi) is 3.79. The molecule has 0 aliphatic heterocycles. The fourth-order valence-electron chi connectivity index (χ4n) is 1.74. The molecule has 0 saturated carbocycles. The maximum Gasteiger partial charge on any atom is 0.227 e. The van der Waals surface area contributed by atoms with Gasteiger partial charge in [0.2, 0.25) is 5.91 Å². The van der Waals surface area contributed by atoms with Crippen LogP contribution < -0.4 is 5.73 Å². The first-order chi connectivity index (χ1) is 8.11. The molecule has 1 heterocycles. The second-order valence-corrected chi connectivity index (χ2v) is 5.89. The monoisotopic (exact) mass is 312 g/mol. The first-order valence-corrected chi connectivity index (χ1v) is 7.08. The molecule has 0 saturated heterocycles. The van der Waals surface area contributed by atoms with E-state index in [1.54, 1.807) is 11.3 Å². The fraction of sp³-hybridized carbons (Fsp3) is 0.333. The Morgan fingerprint density at radius 1 is 1.59 bits per heavy atom. The summed E-state index contributed by atoms with van der Waals surface area (Å²) in [6, 6.07) is 5.91. The number of benzene rings is 1. The molecule has 1 aromatic carbocycles. The first-order valence-electron chi connectivity index (χ1n) is 5.47. The third-order valence-electron chi connectivity index (χ3n) is 2.59. The van der Waals surface area contributed by atoms with Gasteiger partial charge in [0, 0.05) is 4.47 Å². The van der Waals surface area contributed by atoms with Gasteiger partial charge in [0.25, 0.3) is 0 Å². The normalized spacial score (nSPS) is 12.8. The molecular weight excluding hydrogens is 300 g/mol. The molecule has 2 N–H and O–H groups in total. The van der Waals surface area contributed by atoms with Crippen molar-refractivity contribution in [3.8, 4) is 0 Å². The zero-order valence-corrected chi connectivity index (χ0v) is 11.8. The lowest BCUT2D eigenvalue weighted by Gasteiger charge is -2.07. The third kappa shape index (κ3) is 2.66. The predicted molar refractivity (Wildman–Crippen MR) is 74.2 cm³/mol. The van der Waals surface area contributed by atoms with Crippen molar-refractivity contribution >= 4 is 43.4 Å². The van der Waals surface area contributed by atoms with Crippen LogP contribution in [-0.4, -0.2) is 10.9 Å². The van der Waals surface area contributed by atoms with Crippen molar-refractivity contribution in [2.75, 3.05) is 0 Å². The van der Waals surface area contributed by atoms with Gasteiger partial charge in [-0.3, -0.25) is 4.79 Å². The largest absolute Gasteiger partial charge is 0.369 e. The highest BCUT2D eigenvalue weighted by Crippen LogP contribution is 2.31. The lowest BCUT2D eigenvalue weighted by molar-refractivity contribution is -0.119. The summed E-state index contributed by atoms with van der Waals surface area (Å²) < 4.78 is 2.10. The Hall–Kier alpha value is -0.940. The molecule has 3 nitrogen and oxygen atoms in total. The highest BCUT2D eigenvalue weighted by Gasteiger charge is 2.20. The van der Waals surface area contributed by atoms with Crippen molar-refractivity contribution in [3.63, 3.8) is 0 Å². The Morgan fingerprint density at radius 3 is 3.00 bits per heavy atom. The number of primary amides is 1. The number of fused-ring (bicyclic) bond motifs is 1. The molecule has 1 amide bonds. The standard InChI is InChI=1S/C12H13BrN2OS/c1-2-3-8(11(14)16)12-15-9-5-4-7(13)6-10(9)17-12/h4-6,8H,2-3H2,1H3,(H2,14,16). The van der Waals surface area contributed by atoms with Crippen LogP contribution in [0.4, 0.5) is 0 Å². The van der Waals surface area contributed by atoms with Gasteiger partial charge < -0.3 is 5.73 Å². The van der Waals surface area contributed by atoms with Gasteiger partial charge >= 0.3 is 0 Å². The molecule has 90 valence electrons. The summed E-state index contributed by atoms with van der Waals surface area (Å²) in [5, 5.41) is 0.826. The minimum Gasteiger partial charge on any atom is -0.369 e. The topological polar surface area (TPSA) is 56.0 Å². The molecule has 2 aromatic rings. The van der Waals surface area contributed by atoms with Crippen molar-refractivity contribution in [1.82, 2.24) is 4.98 Å². The van der Waals surface area contributed by atoms with Gasteiger partial charge in [-0.15, -0.1) is 11.3 Å². The average Bonchev–Trinajstić information content (AvgIpc) is 2.67. The Labute approximate surface area is 112 Å². The van der Waals surface area contributed by atoms with Crippen LogP contribution in [0.2, 0.25) is 0 Å². The quantitative estimate of drug-likeness (QED) is 0.940. The van der Waals surface area contributed by atoms with Crippen molar-refractivity contribution < 1.29 is 4.79 Å². The van der Waals surface area contributed by atoms with Gasteiger partial charge in [0.1, 0.15) is 5.01 Å². The minimum absolute atomic E-state index is 0.254. The lowest BCUT2D eigenvalue weighted by atomic mass is 10.0. The molecular formula is C12H13BrN2OS. The van der Waals surface area contributed by atoms with E-state index in [4.69, 9.17) is 5.73 Å². The molecule has 0 spiro atoms. The molecule has 0 aliphatic rings. The number of hydrogen-bond acceptors (Lipinski definition) is 3. The van der Waals surface area contributed by atoms with Crippen LogP contribution in [0.25, 0.3) is 10.2 Å². The number of rotatable bonds is 4. The van der Waals surface area contributed by atoms with E-state index in [1.165, 1.54) is 0 Å². The Morgan fingerprint density at radius 2 is 2.35 bits per heavy atom. The van der Waals surface area contributed by atoms with Gasteiger partial charge in [0.05, 0.1) is 16.1 Å². The summed E-state index contributed by atoms with van der Waals surface area (Å²) >= 11 is 4.97. The minimum atomic E-state index is -0.287. The number of carbonyl (C=O) groups excluding carboxylic acids is 1. The van der Waals surface area contributed by atoms with Gasteiger partial charge in [0.15, 0.2) is 0 Å². The van der Waals surface area contributed by atoms with E-state index in [9.17, 15) is 4.79 Å². The molecule has 0 radical (unpaired) electrons. The Balaban J connectivity index is 2.43. The van der Waals surface area contributed by atoms with Crippen molar-refractivity contribution in [2.24, 2.45) is 5.73 Å². The van der Waals surface area contributed by atoms with Gasteiger partial charge in [-0.2, -0.15) is 0 Å². The second-order valence-electron chi connectivity index (χ2n) is 3.91. The number of nitrogens with two attached hydrogens (primary N) is 1. The van der Waals surface area contributed by atoms with Gasteiger partial charge in [-0.1, -0.05) is 29.3 Å². The van der Waals surface area contributed by atoms with Crippen LogP contribution in [0.15, 0.2) is 22.7 Å². The van der Waals surface area contributed by atoms with Crippen molar-refractivity contribution in [2.45, 2.75) is 25.7 Å². The molecule has 2 rings (SSSR count). The number of hydrogen-bond donors (Lipinski definition) is 1. The molecule has 1 unspecified atom stereocenters. The number of aromatic nitrogens is 1. The number of carbonyl (C=O) groups is 1. The summed E-state index contributed by atoms with van der Waals surface area (Å²) in [6.07, 6.45) is 1.68. The van der Waals surface area contributed by atoms with Crippen LogP contribution in [-0.2, 0) is 4.79 Å². The summed E-state index contributed by atoms with van der Waals surface area (Å²) in [5.41, 5.74) is 6.35. The molecule has 5 heteroatoms. The maximum atomic E-state index is 11.4. The SMILES string of the molecule is CCCC(C(N)=O)c1nc2ccc(Br)cc2s1. The van der Waals surface area contributed by atoms with Crippen LogP contribution in [0.1, 0.15) is 30.7 Å². The highest BCUT2D eigenvalue weighted by molar-refractivity contribution is 9.10. The molecule has 1 aromatic heterocycles. The first kappa shape index (κ1) is 12.5. The van der Waals surface area contributed by atoms with Crippen LogP contribution in [0.5, 0.6) is 0 Å². The maximum absolute atomic E-state index is 11.4. The number of amides is 1. The van der Waals surface area contributed by atoms with Crippen molar-refractivity contribution in [3.05, 3.63) is 27.7 Å². The van der Waals surface area contributed by atoms with Gasteiger partial charge in [-0.05, 0) is 24.6 Å². The van der Waals surface area contributed by atoms with E-state index in [-0.39, 0.29) is 11.8 Å². The zero-order valence-electron chi connectivity index (χ0n) is 9.44. The molecule has 0 fully saturated rings. The fourth-order valence-corrected chi connectivity index (χ4v) is 3.40. The van der Waals surface area contributed by atoms with Crippen LogP contribution >= 0.6 is 27.3 Å². The molecule has 0 bridgehead atoms. The average molecular weight is 313 g/mol. The summed E-state index contributed by atoms with van der Waals surface area (Å²) in [7, 11) is 0. The van der Waals surface area contributed by atoms with E-state index in [2.05, 4.69) is 20.9 Å². The smallest absolute Gasteiger partial charge is 0.227 e. The highest BCUT2D eigenvalue weighted by atomic mass is 79.9.